The van der Waals surface area contributed by atoms with Crippen molar-refractivity contribution in [3.8, 4) is 11.5 Å². The van der Waals surface area contributed by atoms with E-state index < -0.39 is 0 Å². The highest BCUT2D eigenvalue weighted by Crippen LogP contribution is 2.33. The van der Waals surface area contributed by atoms with Crippen LogP contribution in [0.4, 0.5) is 0 Å². The minimum Gasteiger partial charge on any atom is -0.486 e. The quantitative estimate of drug-likeness (QED) is 0.782. The summed E-state index contributed by atoms with van der Waals surface area (Å²) in [4.78, 5) is 11.0. The number of nitrogens with one attached hydrogen (secondary N) is 1. The second kappa shape index (κ2) is 5.54. The predicted octanol–water partition coefficient (Wildman–Crippen LogP) is 0.720. The van der Waals surface area contributed by atoms with Crippen molar-refractivity contribution in [2.45, 2.75) is 6.54 Å². The first-order chi connectivity index (χ1) is 8.31. The van der Waals surface area contributed by atoms with Crippen LogP contribution in [0.25, 0.3) is 0 Å². The minimum absolute atomic E-state index is 0.182. The van der Waals surface area contributed by atoms with E-state index >= 15 is 0 Å². The van der Waals surface area contributed by atoms with Gasteiger partial charge < -0.3 is 19.5 Å². The van der Waals surface area contributed by atoms with Gasteiger partial charge in [-0.2, -0.15) is 0 Å². The number of benzene rings is 1. The SMILES string of the molecule is COC(=O)CNCc1cccc2c1OCCO2. The van der Waals surface area contributed by atoms with Crippen LogP contribution < -0.4 is 14.8 Å². The Labute approximate surface area is 99.7 Å². The summed E-state index contributed by atoms with van der Waals surface area (Å²) in [6, 6.07) is 5.72. The molecule has 0 amide bonds. The number of carbonyl (C=O) groups is 1. The predicted molar refractivity (Wildman–Crippen MR) is 61.2 cm³/mol. The molecule has 0 saturated heterocycles. The fraction of sp³-hybridized carbons (Fsp3) is 0.417. The summed E-state index contributed by atoms with van der Waals surface area (Å²) >= 11 is 0. The molecule has 1 aromatic carbocycles. The van der Waals surface area contributed by atoms with Crippen molar-refractivity contribution < 1.29 is 19.0 Å². The van der Waals surface area contributed by atoms with Crippen LogP contribution in [0.3, 0.4) is 0 Å². The van der Waals surface area contributed by atoms with Crippen molar-refractivity contribution in [2.75, 3.05) is 26.9 Å². The maximum Gasteiger partial charge on any atom is 0.319 e. The van der Waals surface area contributed by atoms with E-state index in [4.69, 9.17) is 9.47 Å². The van der Waals surface area contributed by atoms with Gasteiger partial charge in [-0.05, 0) is 6.07 Å². The van der Waals surface area contributed by atoms with Gasteiger partial charge in [0.25, 0.3) is 0 Å². The van der Waals surface area contributed by atoms with Crippen LogP contribution in [0.1, 0.15) is 5.56 Å². The fourth-order valence-electron chi connectivity index (χ4n) is 1.64. The van der Waals surface area contributed by atoms with Crippen molar-refractivity contribution in [3.63, 3.8) is 0 Å². The van der Waals surface area contributed by atoms with Crippen molar-refractivity contribution in [2.24, 2.45) is 0 Å². The van der Waals surface area contributed by atoms with E-state index in [1.54, 1.807) is 0 Å². The van der Waals surface area contributed by atoms with Crippen LogP contribution in [0.15, 0.2) is 18.2 Å². The zero-order valence-electron chi connectivity index (χ0n) is 9.69. The Morgan fingerprint density at radius 3 is 3.06 bits per heavy atom. The topological polar surface area (TPSA) is 56.8 Å². The van der Waals surface area contributed by atoms with Gasteiger partial charge >= 0.3 is 5.97 Å². The molecule has 0 aliphatic carbocycles. The van der Waals surface area contributed by atoms with Gasteiger partial charge in [0.1, 0.15) is 13.2 Å². The van der Waals surface area contributed by atoms with E-state index in [1.165, 1.54) is 7.11 Å². The Morgan fingerprint density at radius 1 is 1.41 bits per heavy atom. The van der Waals surface area contributed by atoms with Gasteiger partial charge in [-0.15, -0.1) is 0 Å². The second-order valence-electron chi connectivity index (χ2n) is 3.62. The third kappa shape index (κ3) is 2.88. The third-order valence-electron chi connectivity index (χ3n) is 2.46. The van der Waals surface area contributed by atoms with Crippen molar-refractivity contribution >= 4 is 5.97 Å². The molecule has 92 valence electrons. The Balaban J connectivity index is 1.98. The maximum absolute atomic E-state index is 11.0. The lowest BCUT2D eigenvalue weighted by Crippen LogP contribution is -2.24. The molecule has 0 fully saturated rings. The van der Waals surface area contributed by atoms with Crippen molar-refractivity contribution in [3.05, 3.63) is 23.8 Å². The average molecular weight is 237 g/mol. The number of esters is 1. The first-order valence-electron chi connectivity index (χ1n) is 5.46. The maximum atomic E-state index is 11.0. The monoisotopic (exact) mass is 237 g/mol. The normalized spacial score (nSPS) is 13.2. The molecule has 2 rings (SSSR count). The molecule has 1 heterocycles. The third-order valence-corrected chi connectivity index (χ3v) is 2.46. The van der Waals surface area contributed by atoms with Crippen molar-refractivity contribution in [1.29, 1.82) is 0 Å². The molecular weight excluding hydrogens is 222 g/mol. The van der Waals surface area contributed by atoms with E-state index in [0.29, 0.717) is 19.8 Å². The van der Waals surface area contributed by atoms with Gasteiger partial charge in [0.15, 0.2) is 11.5 Å². The summed E-state index contributed by atoms with van der Waals surface area (Å²) in [6.07, 6.45) is 0. The Kier molecular flexibility index (Phi) is 3.82. The number of hydrogen-bond donors (Lipinski definition) is 1. The molecule has 0 bridgehead atoms. The van der Waals surface area contributed by atoms with Crippen LogP contribution in [0.2, 0.25) is 0 Å². The Morgan fingerprint density at radius 2 is 2.24 bits per heavy atom. The van der Waals surface area contributed by atoms with E-state index in [2.05, 4.69) is 10.1 Å². The summed E-state index contributed by atoms with van der Waals surface area (Å²) in [6.45, 7) is 1.86. The first-order valence-corrected chi connectivity index (χ1v) is 5.46. The highest BCUT2D eigenvalue weighted by molar-refractivity contribution is 5.71. The van der Waals surface area contributed by atoms with Gasteiger partial charge in [0.2, 0.25) is 0 Å². The lowest BCUT2D eigenvalue weighted by atomic mass is 10.1. The molecule has 17 heavy (non-hydrogen) atoms. The molecule has 5 heteroatoms. The van der Waals surface area contributed by atoms with Gasteiger partial charge in [0.05, 0.1) is 13.7 Å². The van der Waals surface area contributed by atoms with E-state index in [0.717, 1.165) is 17.1 Å². The molecule has 0 unspecified atom stereocenters. The molecule has 1 aromatic rings. The molecule has 5 nitrogen and oxygen atoms in total. The van der Waals surface area contributed by atoms with Gasteiger partial charge in [-0.25, -0.2) is 0 Å². The number of carbonyl (C=O) groups excluding carboxylic acids is 1. The van der Waals surface area contributed by atoms with Gasteiger partial charge in [-0.1, -0.05) is 12.1 Å². The molecule has 0 saturated carbocycles. The van der Waals surface area contributed by atoms with Crippen LogP contribution in [-0.2, 0) is 16.1 Å². The summed E-state index contributed by atoms with van der Waals surface area (Å²) in [5, 5.41) is 2.99. The number of rotatable bonds is 4. The Bertz CT molecular complexity index is 405. The van der Waals surface area contributed by atoms with Crippen molar-refractivity contribution in [1.82, 2.24) is 5.32 Å². The molecule has 0 spiro atoms. The van der Waals surface area contributed by atoms with Crippen LogP contribution in [0.5, 0.6) is 11.5 Å². The highest BCUT2D eigenvalue weighted by Gasteiger charge is 2.15. The van der Waals surface area contributed by atoms with Crippen LogP contribution in [-0.4, -0.2) is 32.8 Å². The standard InChI is InChI=1S/C12H15NO4/c1-15-11(14)8-13-7-9-3-2-4-10-12(9)17-6-5-16-10/h2-4,13H,5-8H2,1H3. The van der Waals surface area contributed by atoms with E-state index in [-0.39, 0.29) is 12.5 Å². The van der Waals surface area contributed by atoms with E-state index in [1.807, 2.05) is 18.2 Å². The number of para-hydroxylation sites is 1. The molecular formula is C12H15NO4. The van der Waals surface area contributed by atoms with Gasteiger partial charge in [0, 0.05) is 12.1 Å². The molecule has 0 atom stereocenters. The smallest absolute Gasteiger partial charge is 0.319 e. The van der Waals surface area contributed by atoms with E-state index in [9.17, 15) is 4.79 Å². The minimum atomic E-state index is -0.285. The number of ether oxygens (including phenoxy) is 3. The Hall–Kier alpha value is -1.75. The average Bonchev–Trinajstić information content (AvgIpc) is 2.39. The summed E-state index contributed by atoms with van der Waals surface area (Å²) < 4.78 is 15.6. The first kappa shape index (κ1) is 11.7. The summed E-state index contributed by atoms with van der Waals surface area (Å²) in [5.41, 5.74) is 0.978. The second-order valence-corrected chi connectivity index (χ2v) is 3.62. The fourth-order valence-corrected chi connectivity index (χ4v) is 1.64. The largest absolute Gasteiger partial charge is 0.486 e. The molecule has 1 aliphatic rings. The summed E-state index contributed by atoms with van der Waals surface area (Å²) in [7, 11) is 1.37. The van der Waals surface area contributed by atoms with Gasteiger partial charge in [-0.3, -0.25) is 4.79 Å². The molecule has 0 aromatic heterocycles. The molecule has 1 aliphatic heterocycles. The zero-order valence-corrected chi connectivity index (χ0v) is 9.69. The zero-order chi connectivity index (χ0) is 12.1. The van der Waals surface area contributed by atoms with Crippen LogP contribution >= 0.6 is 0 Å². The lowest BCUT2D eigenvalue weighted by molar-refractivity contribution is -0.139. The summed E-state index contributed by atoms with van der Waals surface area (Å²) in [5.74, 6) is 1.23. The number of methoxy groups -OCH3 is 1. The molecule has 1 N–H and O–H groups in total. The van der Waals surface area contributed by atoms with Crippen LogP contribution in [0, 0.1) is 0 Å². The molecule has 0 radical (unpaired) electrons. The number of hydrogen-bond acceptors (Lipinski definition) is 5. The number of fused-ring (bicyclic) bond motifs is 1. The lowest BCUT2D eigenvalue weighted by Gasteiger charge is -2.21. The highest BCUT2D eigenvalue weighted by atomic mass is 16.6.